The van der Waals surface area contributed by atoms with Gasteiger partial charge in [-0.05, 0) is 25.0 Å². The van der Waals surface area contributed by atoms with Crippen LogP contribution in [0.2, 0.25) is 0 Å². The Kier molecular flexibility index (Phi) is 2.23. The van der Waals surface area contributed by atoms with E-state index in [-0.39, 0.29) is 0 Å². The minimum absolute atomic E-state index is 0.467. The maximum Gasteiger partial charge on any atom is 0.205 e. The van der Waals surface area contributed by atoms with Crippen molar-refractivity contribution in [1.29, 1.82) is 0 Å². The summed E-state index contributed by atoms with van der Waals surface area (Å²) in [6.07, 6.45) is 5.42. The van der Waals surface area contributed by atoms with Crippen LogP contribution in [0.1, 0.15) is 12.8 Å². The molecule has 0 saturated carbocycles. The summed E-state index contributed by atoms with van der Waals surface area (Å²) < 4.78 is 24.7. The van der Waals surface area contributed by atoms with Gasteiger partial charge in [0.1, 0.15) is 0 Å². The van der Waals surface area contributed by atoms with Crippen LogP contribution < -0.4 is 0 Å². The molecule has 82 valence electrons. The van der Waals surface area contributed by atoms with Gasteiger partial charge < -0.3 is 0 Å². The first-order valence-corrected chi connectivity index (χ1v) is 7.41. The van der Waals surface area contributed by atoms with Crippen molar-refractivity contribution < 1.29 is 8.42 Å². The number of fused-ring (bicyclic) bond motifs is 1. The Morgan fingerprint density at radius 2 is 2.00 bits per heavy atom. The average molecular weight is 250 g/mol. The largest absolute Gasteiger partial charge is 0.219 e. The summed E-state index contributed by atoms with van der Waals surface area (Å²) in [4.78, 5) is 2.80. The van der Waals surface area contributed by atoms with Crippen molar-refractivity contribution in [2.24, 2.45) is 0 Å². The number of hydrogen-bond acceptors (Lipinski definition) is 3. The van der Waals surface area contributed by atoms with Gasteiger partial charge in [-0.25, -0.2) is 8.42 Å². The molecule has 0 spiro atoms. The van der Waals surface area contributed by atoms with Gasteiger partial charge in [-0.2, -0.15) is 0 Å². The summed E-state index contributed by atoms with van der Waals surface area (Å²) in [6.45, 7) is 0. The van der Waals surface area contributed by atoms with Gasteiger partial charge in [0, 0.05) is 9.80 Å². The van der Waals surface area contributed by atoms with E-state index in [4.69, 9.17) is 0 Å². The Hall–Kier alpha value is -1.00. The Labute approximate surface area is 99.0 Å². The molecule has 0 aromatic heterocycles. The summed E-state index contributed by atoms with van der Waals surface area (Å²) in [7, 11) is -3.24. The van der Waals surface area contributed by atoms with E-state index < -0.39 is 9.84 Å². The molecule has 2 aliphatic rings. The predicted octanol–water partition coefficient (Wildman–Crippen LogP) is 3.13. The summed E-state index contributed by atoms with van der Waals surface area (Å²) in [5.41, 5.74) is 0. The molecule has 1 aliphatic heterocycles. The van der Waals surface area contributed by atoms with Crippen LogP contribution in [0.5, 0.6) is 0 Å². The fourth-order valence-corrected chi connectivity index (χ4v) is 5.40. The zero-order valence-electron chi connectivity index (χ0n) is 8.51. The van der Waals surface area contributed by atoms with Crippen LogP contribution >= 0.6 is 11.8 Å². The second-order valence-electron chi connectivity index (χ2n) is 3.78. The van der Waals surface area contributed by atoms with Gasteiger partial charge in [-0.3, -0.25) is 0 Å². The molecule has 1 aliphatic carbocycles. The van der Waals surface area contributed by atoms with E-state index in [1.165, 1.54) is 0 Å². The van der Waals surface area contributed by atoms with Crippen molar-refractivity contribution in [3.63, 3.8) is 0 Å². The number of sulfone groups is 1. The molecule has 0 bridgehead atoms. The number of hydrogen-bond donors (Lipinski definition) is 0. The predicted molar refractivity (Wildman–Crippen MR) is 64.9 cm³/mol. The first-order chi connectivity index (χ1) is 7.69. The van der Waals surface area contributed by atoms with Crippen LogP contribution in [0.4, 0.5) is 0 Å². The van der Waals surface area contributed by atoms with Crippen molar-refractivity contribution in [1.82, 2.24) is 0 Å². The topological polar surface area (TPSA) is 34.1 Å². The Balaban J connectivity index is 2.29. The summed E-state index contributed by atoms with van der Waals surface area (Å²) in [6, 6.07) is 7.21. The molecular weight excluding hydrogens is 240 g/mol. The number of rotatable bonds is 0. The zero-order chi connectivity index (χ0) is 11.2. The molecule has 1 heterocycles. The lowest BCUT2D eigenvalue weighted by Gasteiger charge is -2.22. The molecule has 0 atom stereocenters. The average Bonchev–Trinajstić information content (AvgIpc) is 2.29. The molecule has 1 aromatic rings. The molecule has 0 fully saturated rings. The first-order valence-electron chi connectivity index (χ1n) is 5.11. The number of thioether (sulfide) groups is 1. The van der Waals surface area contributed by atoms with Crippen molar-refractivity contribution in [2.45, 2.75) is 22.6 Å². The van der Waals surface area contributed by atoms with E-state index in [1.807, 2.05) is 24.3 Å². The van der Waals surface area contributed by atoms with Gasteiger partial charge in [0.2, 0.25) is 9.84 Å². The summed E-state index contributed by atoms with van der Waals surface area (Å²) in [5.74, 6) is 0. The zero-order valence-corrected chi connectivity index (χ0v) is 10.1. The van der Waals surface area contributed by atoms with Gasteiger partial charge in [0.25, 0.3) is 0 Å². The first kappa shape index (κ1) is 10.2. The summed E-state index contributed by atoms with van der Waals surface area (Å²) >= 11 is 1.56. The Morgan fingerprint density at radius 1 is 1.19 bits per heavy atom. The van der Waals surface area contributed by atoms with E-state index in [9.17, 15) is 8.42 Å². The highest BCUT2D eigenvalue weighted by molar-refractivity contribution is 8.06. The van der Waals surface area contributed by atoms with E-state index in [0.717, 1.165) is 16.2 Å². The smallest absolute Gasteiger partial charge is 0.205 e. The standard InChI is InChI=1S/C12H10O2S2/c13-16(14)11-7-3-1-5-9(11)15-10-6-2-4-8-12(10)16/h1-3,5-7H,4,8H2. The fourth-order valence-electron chi connectivity index (χ4n) is 1.99. The molecule has 1 aromatic carbocycles. The van der Waals surface area contributed by atoms with Gasteiger partial charge in [-0.1, -0.05) is 36.0 Å². The molecule has 16 heavy (non-hydrogen) atoms. The van der Waals surface area contributed by atoms with Crippen LogP contribution in [0, 0.1) is 0 Å². The van der Waals surface area contributed by atoms with Gasteiger partial charge >= 0.3 is 0 Å². The fraction of sp³-hybridized carbons (Fsp3) is 0.167. The van der Waals surface area contributed by atoms with Gasteiger partial charge in [0.05, 0.1) is 9.80 Å². The third-order valence-electron chi connectivity index (χ3n) is 2.77. The molecule has 0 unspecified atom stereocenters. The van der Waals surface area contributed by atoms with Crippen molar-refractivity contribution >= 4 is 21.6 Å². The third-order valence-corrected chi connectivity index (χ3v) is 6.21. The monoisotopic (exact) mass is 250 g/mol. The maximum atomic E-state index is 12.3. The van der Waals surface area contributed by atoms with E-state index in [0.29, 0.717) is 16.2 Å². The van der Waals surface area contributed by atoms with Crippen molar-refractivity contribution in [3.05, 3.63) is 46.2 Å². The normalized spacial score (nSPS) is 21.5. The van der Waals surface area contributed by atoms with Gasteiger partial charge in [-0.15, -0.1) is 0 Å². The minimum atomic E-state index is -3.24. The number of allylic oxidation sites excluding steroid dienone is 3. The second kappa shape index (κ2) is 3.50. The van der Waals surface area contributed by atoms with Crippen LogP contribution in [0.15, 0.2) is 56.0 Å². The van der Waals surface area contributed by atoms with E-state index in [2.05, 4.69) is 0 Å². The summed E-state index contributed by atoms with van der Waals surface area (Å²) in [5, 5.41) is 0. The van der Waals surface area contributed by atoms with Crippen molar-refractivity contribution in [3.8, 4) is 0 Å². The maximum absolute atomic E-state index is 12.3. The lowest BCUT2D eigenvalue weighted by Crippen LogP contribution is -2.13. The SMILES string of the molecule is O=S1(=O)C2=C(C=CCC2)Sc2ccccc21. The molecule has 3 rings (SSSR count). The molecule has 4 heteroatoms. The van der Waals surface area contributed by atoms with E-state index in [1.54, 1.807) is 23.9 Å². The van der Waals surface area contributed by atoms with Crippen LogP contribution in [0.3, 0.4) is 0 Å². The molecular formula is C12H10O2S2. The Bertz CT molecular complexity index is 610. The van der Waals surface area contributed by atoms with Crippen LogP contribution in [-0.4, -0.2) is 8.42 Å². The van der Waals surface area contributed by atoms with Crippen molar-refractivity contribution in [2.75, 3.05) is 0 Å². The second-order valence-corrected chi connectivity index (χ2v) is 6.80. The van der Waals surface area contributed by atoms with Gasteiger partial charge in [0.15, 0.2) is 0 Å². The molecule has 2 nitrogen and oxygen atoms in total. The third kappa shape index (κ3) is 1.37. The minimum Gasteiger partial charge on any atom is -0.219 e. The Morgan fingerprint density at radius 3 is 2.88 bits per heavy atom. The lowest BCUT2D eigenvalue weighted by atomic mass is 10.2. The molecule has 0 saturated heterocycles. The quantitative estimate of drug-likeness (QED) is 0.709. The molecule has 0 N–H and O–H groups in total. The van der Waals surface area contributed by atoms with Crippen LogP contribution in [0.25, 0.3) is 0 Å². The highest BCUT2D eigenvalue weighted by Gasteiger charge is 2.31. The van der Waals surface area contributed by atoms with Crippen LogP contribution in [-0.2, 0) is 9.84 Å². The highest BCUT2D eigenvalue weighted by Crippen LogP contribution is 2.45. The molecule has 0 amide bonds. The van der Waals surface area contributed by atoms with E-state index >= 15 is 0 Å². The number of benzene rings is 1. The lowest BCUT2D eigenvalue weighted by molar-refractivity contribution is 0.597. The molecule has 0 radical (unpaired) electrons. The highest BCUT2D eigenvalue weighted by atomic mass is 32.2.